The molecule has 0 aromatic heterocycles. The van der Waals surface area contributed by atoms with Gasteiger partial charge in [0.1, 0.15) is 0 Å². The molecule has 0 spiro atoms. The van der Waals surface area contributed by atoms with E-state index in [1.165, 1.54) is 7.11 Å². The Morgan fingerprint density at radius 2 is 1.69 bits per heavy atom. The summed E-state index contributed by atoms with van der Waals surface area (Å²) < 4.78 is 10.1. The molecule has 0 atom stereocenters. The van der Waals surface area contributed by atoms with E-state index in [4.69, 9.17) is 9.47 Å². The fourth-order valence-electron chi connectivity index (χ4n) is 2.84. The van der Waals surface area contributed by atoms with Gasteiger partial charge in [-0.3, -0.25) is 4.79 Å². The number of amides is 1. The summed E-state index contributed by atoms with van der Waals surface area (Å²) in [6, 6.07) is 12.6. The van der Waals surface area contributed by atoms with Gasteiger partial charge >= 0.3 is 5.97 Å². The third-order valence-electron chi connectivity index (χ3n) is 4.41. The number of hydrogen-bond donors (Lipinski definition) is 1. The highest BCUT2D eigenvalue weighted by Gasteiger charge is 2.14. The van der Waals surface area contributed by atoms with Crippen molar-refractivity contribution < 1.29 is 19.1 Å². The Balaban J connectivity index is 1.72. The molecule has 6 heteroatoms. The molecule has 6 nitrogen and oxygen atoms in total. The Bertz CT molecular complexity index is 796. The minimum absolute atomic E-state index is 0.219. The molecule has 1 heterocycles. The van der Waals surface area contributed by atoms with Crippen molar-refractivity contribution in [1.29, 1.82) is 0 Å². The van der Waals surface area contributed by atoms with Gasteiger partial charge in [0.05, 0.1) is 25.9 Å². The molecule has 2 aromatic carbocycles. The highest BCUT2D eigenvalue weighted by molar-refractivity contribution is 6.05. The molecule has 136 valence electrons. The Labute approximate surface area is 152 Å². The van der Waals surface area contributed by atoms with E-state index < -0.39 is 5.97 Å². The molecule has 1 aliphatic rings. The number of carbonyl (C=O) groups is 2. The second-order valence-corrected chi connectivity index (χ2v) is 6.12. The van der Waals surface area contributed by atoms with Crippen molar-refractivity contribution in [2.75, 3.05) is 43.6 Å². The summed E-state index contributed by atoms with van der Waals surface area (Å²) in [6.07, 6.45) is 0. The number of benzene rings is 2. The van der Waals surface area contributed by atoms with Crippen LogP contribution in [0.5, 0.6) is 0 Å². The monoisotopic (exact) mass is 354 g/mol. The molecule has 0 bridgehead atoms. The maximum Gasteiger partial charge on any atom is 0.337 e. The number of methoxy groups -OCH3 is 1. The number of morpholine rings is 1. The second kappa shape index (κ2) is 8.01. The average molecular weight is 354 g/mol. The van der Waals surface area contributed by atoms with Crippen LogP contribution in [-0.4, -0.2) is 45.3 Å². The van der Waals surface area contributed by atoms with Gasteiger partial charge < -0.3 is 19.7 Å². The molecule has 0 unspecified atom stereocenters. The predicted molar refractivity (Wildman–Crippen MR) is 99.9 cm³/mol. The molecule has 1 amide bonds. The van der Waals surface area contributed by atoms with E-state index in [1.807, 2.05) is 19.1 Å². The van der Waals surface area contributed by atoms with Crippen LogP contribution in [0.15, 0.2) is 42.5 Å². The summed E-state index contributed by atoms with van der Waals surface area (Å²) in [5.41, 5.74) is 3.50. The first-order valence-corrected chi connectivity index (χ1v) is 8.51. The average Bonchev–Trinajstić information content (AvgIpc) is 2.69. The zero-order valence-corrected chi connectivity index (χ0v) is 15.0. The quantitative estimate of drug-likeness (QED) is 0.855. The zero-order chi connectivity index (χ0) is 18.5. The van der Waals surface area contributed by atoms with Gasteiger partial charge in [0.25, 0.3) is 5.91 Å². The van der Waals surface area contributed by atoms with E-state index in [9.17, 15) is 9.59 Å². The molecule has 1 N–H and O–H groups in total. The summed E-state index contributed by atoms with van der Waals surface area (Å²) in [7, 11) is 1.33. The van der Waals surface area contributed by atoms with E-state index >= 15 is 0 Å². The lowest BCUT2D eigenvalue weighted by atomic mass is 10.1. The van der Waals surface area contributed by atoms with Gasteiger partial charge in [-0.15, -0.1) is 0 Å². The maximum atomic E-state index is 12.5. The molecule has 1 aliphatic heterocycles. The highest BCUT2D eigenvalue weighted by atomic mass is 16.5. The number of rotatable bonds is 4. The van der Waals surface area contributed by atoms with Gasteiger partial charge in [-0.1, -0.05) is 6.07 Å². The number of aryl methyl sites for hydroxylation is 1. The summed E-state index contributed by atoms with van der Waals surface area (Å²) >= 11 is 0. The van der Waals surface area contributed by atoms with E-state index in [0.717, 1.165) is 37.6 Å². The van der Waals surface area contributed by atoms with Gasteiger partial charge in [0, 0.05) is 30.0 Å². The van der Waals surface area contributed by atoms with Gasteiger partial charge in [-0.25, -0.2) is 4.79 Å². The lowest BCUT2D eigenvalue weighted by Gasteiger charge is -2.28. The maximum absolute atomic E-state index is 12.5. The lowest BCUT2D eigenvalue weighted by molar-refractivity contribution is 0.0600. The molecule has 26 heavy (non-hydrogen) atoms. The topological polar surface area (TPSA) is 67.9 Å². The third kappa shape index (κ3) is 4.03. The van der Waals surface area contributed by atoms with Crippen LogP contribution in [-0.2, 0) is 9.47 Å². The van der Waals surface area contributed by atoms with E-state index in [-0.39, 0.29) is 5.91 Å². The summed E-state index contributed by atoms with van der Waals surface area (Å²) in [5, 5.41) is 2.86. The summed E-state index contributed by atoms with van der Waals surface area (Å²) in [6.45, 7) is 5.02. The molecule has 1 fully saturated rings. The van der Waals surface area contributed by atoms with Gasteiger partial charge in [-0.05, 0) is 48.9 Å². The number of ether oxygens (including phenoxy) is 2. The van der Waals surface area contributed by atoms with Gasteiger partial charge in [0.2, 0.25) is 0 Å². The van der Waals surface area contributed by atoms with Crippen LogP contribution in [0.2, 0.25) is 0 Å². The van der Waals surface area contributed by atoms with Crippen molar-refractivity contribution >= 4 is 23.3 Å². The number of anilines is 2. The van der Waals surface area contributed by atoms with Crippen LogP contribution < -0.4 is 10.2 Å². The number of carbonyl (C=O) groups excluding carboxylic acids is 2. The van der Waals surface area contributed by atoms with Crippen LogP contribution in [0.1, 0.15) is 26.3 Å². The van der Waals surface area contributed by atoms with Crippen LogP contribution in [0.25, 0.3) is 0 Å². The molecule has 2 aromatic rings. The zero-order valence-electron chi connectivity index (χ0n) is 15.0. The fraction of sp³-hybridized carbons (Fsp3) is 0.300. The Morgan fingerprint density at radius 1 is 1.04 bits per heavy atom. The third-order valence-corrected chi connectivity index (χ3v) is 4.41. The van der Waals surface area contributed by atoms with Crippen molar-refractivity contribution in [1.82, 2.24) is 0 Å². The summed E-state index contributed by atoms with van der Waals surface area (Å²) in [5.74, 6) is -0.654. The second-order valence-electron chi connectivity index (χ2n) is 6.12. The highest BCUT2D eigenvalue weighted by Crippen LogP contribution is 2.20. The number of nitrogens with one attached hydrogen (secondary N) is 1. The number of hydrogen-bond acceptors (Lipinski definition) is 5. The first kappa shape index (κ1) is 17.9. The minimum atomic E-state index is -0.435. The van der Waals surface area contributed by atoms with Crippen LogP contribution >= 0.6 is 0 Å². The Morgan fingerprint density at radius 3 is 2.35 bits per heavy atom. The normalized spacial score (nSPS) is 14.0. The van der Waals surface area contributed by atoms with Crippen LogP contribution in [0.3, 0.4) is 0 Å². The Hall–Kier alpha value is -2.86. The van der Waals surface area contributed by atoms with Crippen molar-refractivity contribution in [3.63, 3.8) is 0 Å². The lowest BCUT2D eigenvalue weighted by Crippen LogP contribution is -2.36. The molecular weight excluding hydrogens is 332 g/mol. The first-order valence-electron chi connectivity index (χ1n) is 8.51. The molecule has 3 rings (SSSR count). The van der Waals surface area contributed by atoms with Crippen LogP contribution in [0.4, 0.5) is 11.4 Å². The molecule has 0 radical (unpaired) electrons. The molecule has 1 saturated heterocycles. The SMILES string of the molecule is COC(=O)c1ccc(C)c(NC(=O)c2ccc(N3CCOCC3)cc2)c1. The van der Waals surface area contributed by atoms with Crippen molar-refractivity contribution in [2.24, 2.45) is 0 Å². The largest absolute Gasteiger partial charge is 0.465 e. The number of nitrogens with zero attached hydrogens (tertiary/aromatic N) is 1. The molecule has 0 aliphatic carbocycles. The first-order chi connectivity index (χ1) is 12.6. The van der Waals surface area contributed by atoms with Gasteiger partial charge in [-0.2, -0.15) is 0 Å². The van der Waals surface area contributed by atoms with E-state index in [0.29, 0.717) is 16.8 Å². The van der Waals surface area contributed by atoms with E-state index in [1.54, 1.807) is 30.3 Å². The summed E-state index contributed by atoms with van der Waals surface area (Å²) in [4.78, 5) is 26.4. The van der Waals surface area contributed by atoms with Crippen LogP contribution in [0, 0.1) is 6.92 Å². The fourth-order valence-corrected chi connectivity index (χ4v) is 2.84. The number of esters is 1. The standard InChI is InChI=1S/C20H22N2O4/c1-14-3-4-16(20(24)25-2)13-18(14)21-19(23)15-5-7-17(8-6-15)22-9-11-26-12-10-22/h3-8,13H,9-12H2,1-2H3,(H,21,23). The predicted octanol–water partition coefficient (Wildman–Crippen LogP) is 2.87. The van der Waals surface area contributed by atoms with Crippen molar-refractivity contribution in [3.8, 4) is 0 Å². The smallest absolute Gasteiger partial charge is 0.337 e. The minimum Gasteiger partial charge on any atom is -0.465 e. The molecule has 0 saturated carbocycles. The Kier molecular flexibility index (Phi) is 5.53. The van der Waals surface area contributed by atoms with Crippen molar-refractivity contribution in [3.05, 3.63) is 59.2 Å². The van der Waals surface area contributed by atoms with E-state index in [2.05, 4.69) is 10.2 Å². The van der Waals surface area contributed by atoms with Gasteiger partial charge in [0.15, 0.2) is 0 Å². The molecular formula is C20H22N2O4. The van der Waals surface area contributed by atoms with Crippen molar-refractivity contribution in [2.45, 2.75) is 6.92 Å².